The molecule has 1 saturated heterocycles. The summed E-state index contributed by atoms with van der Waals surface area (Å²) in [5.41, 5.74) is 2.96. The van der Waals surface area contributed by atoms with E-state index in [1.807, 2.05) is 24.5 Å². The van der Waals surface area contributed by atoms with Crippen molar-refractivity contribution in [2.24, 2.45) is 0 Å². The standard InChI is InChI=1S/C20H26ClN7/c1-2-22-19-18-20(24-14-23-19)28(15-25-18)8-4-7-26-9-11-27(12-10-26)17-6-3-5-16(21)13-17/h3,5-6,13-15H,2,4,7-12H2,1H3,(H,22,23,24). The molecule has 8 heteroatoms. The third kappa shape index (κ3) is 4.20. The van der Waals surface area contributed by atoms with E-state index in [4.69, 9.17) is 11.6 Å². The summed E-state index contributed by atoms with van der Waals surface area (Å²) in [6.07, 6.45) is 4.55. The summed E-state index contributed by atoms with van der Waals surface area (Å²) < 4.78 is 2.13. The Morgan fingerprint density at radius 1 is 1.07 bits per heavy atom. The summed E-state index contributed by atoms with van der Waals surface area (Å²) in [5.74, 6) is 0.809. The lowest BCUT2D eigenvalue weighted by Crippen LogP contribution is -2.46. The number of anilines is 2. The number of nitrogens with one attached hydrogen (secondary N) is 1. The van der Waals surface area contributed by atoms with Crippen LogP contribution in [0.4, 0.5) is 11.5 Å². The molecule has 2 aromatic heterocycles. The monoisotopic (exact) mass is 399 g/mol. The Balaban J connectivity index is 1.28. The molecule has 0 spiro atoms. The van der Waals surface area contributed by atoms with Gasteiger partial charge in [0.1, 0.15) is 11.8 Å². The second-order valence-corrected chi connectivity index (χ2v) is 7.46. The quantitative estimate of drug-likeness (QED) is 0.658. The average Bonchev–Trinajstić information content (AvgIpc) is 3.13. The van der Waals surface area contributed by atoms with Gasteiger partial charge in [0, 0.05) is 50.0 Å². The van der Waals surface area contributed by atoms with Gasteiger partial charge in [-0.2, -0.15) is 0 Å². The highest BCUT2D eigenvalue weighted by molar-refractivity contribution is 6.30. The first-order valence-electron chi connectivity index (χ1n) is 9.87. The number of fused-ring (bicyclic) bond motifs is 1. The van der Waals surface area contributed by atoms with Crippen LogP contribution in [0.25, 0.3) is 11.2 Å². The van der Waals surface area contributed by atoms with Crippen LogP contribution in [0.2, 0.25) is 5.02 Å². The first-order valence-corrected chi connectivity index (χ1v) is 10.2. The summed E-state index contributed by atoms with van der Waals surface area (Å²) >= 11 is 6.12. The van der Waals surface area contributed by atoms with E-state index in [1.165, 1.54) is 5.69 Å². The molecule has 28 heavy (non-hydrogen) atoms. The van der Waals surface area contributed by atoms with Gasteiger partial charge >= 0.3 is 0 Å². The minimum atomic E-state index is 0.800. The molecule has 0 saturated carbocycles. The van der Waals surface area contributed by atoms with E-state index in [1.54, 1.807) is 6.33 Å². The normalized spacial score (nSPS) is 15.3. The highest BCUT2D eigenvalue weighted by atomic mass is 35.5. The van der Waals surface area contributed by atoms with Crippen LogP contribution < -0.4 is 10.2 Å². The van der Waals surface area contributed by atoms with Crippen molar-refractivity contribution in [1.29, 1.82) is 0 Å². The van der Waals surface area contributed by atoms with Crippen LogP contribution in [0, 0.1) is 0 Å². The van der Waals surface area contributed by atoms with E-state index in [0.717, 1.165) is 74.2 Å². The Labute approximate surface area is 170 Å². The van der Waals surface area contributed by atoms with Crippen LogP contribution in [0.15, 0.2) is 36.9 Å². The van der Waals surface area contributed by atoms with Crippen molar-refractivity contribution in [3.8, 4) is 0 Å². The summed E-state index contributed by atoms with van der Waals surface area (Å²) in [4.78, 5) is 18.1. The highest BCUT2D eigenvalue weighted by Gasteiger charge is 2.17. The van der Waals surface area contributed by atoms with Crippen molar-refractivity contribution in [2.45, 2.75) is 19.9 Å². The van der Waals surface area contributed by atoms with Gasteiger partial charge in [0.25, 0.3) is 0 Å². The molecule has 7 nitrogen and oxygen atoms in total. The molecular formula is C20H26ClN7. The molecule has 0 radical (unpaired) electrons. The van der Waals surface area contributed by atoms with E-state index in [2.05, 4.69) is 47.6 Å². The minimum Gasteiger partial charge on any atom is -0.369 e. The van der Waals surface area contributed by atoms with Crippen LogP contribution in [0.1, 0.15) is 13.3 Å². The number of hydrogen-bond acceptors (Lipinski definition) is 6. The molecule has 1 aliphatic rings. The fourth-order valence-corrected chi connectivity index (χ4v) is 3.89. The summed E-state index contributed by atoms with van der Waals surface area (Å²) in [5, 5.41) is 4.04. The first-order chi connectivity index (χ1) is 13.7. The third-order valence-corrected chi connectivity index (χ3v) is 5.40. The Morgan fingerprint density at radius 3 is 2.71 bits per heavy atom. The SMILES string of the molecule is CCNc1ncnc2c1ncn2CCCN1CCN(c2cccc(Cl)c2)CC1. The number of hydrogen-bond donors (Lipinski definition) is 1. The highest BCUT2D eigenvalue weighted by Crippen LogP contribution is 2.21. The number of piperazine rings is 1. The molecular weight excluding hydrogens is 374 g/mol. The van der Waals surface area contributed by atoms with Gasteiger partial charge in [-0.1, -0.05) is 17.7 Å². The van der Waals surface area contributed by atoms with Gasteiger partial charge in [-0.15, -0.1) is 0 Å². The largest absolute Gasteiger partial charge is 0.369 e. The average molecular weight is 400 g/mol. The lowest BCUT2D eigenvalue weighted by molar-refractivity contribution is 0.251. The zero-order chi connectivity index (χ0) is 19.3. The molecule has 0 aliphatic carbocycles. The number of aromatic nitrogens is 4. The number of benzene rings is 1. The Bertz CT molecular complexity index is 918. The second kappa shape index (κ2) is 8.75. The Kier molecular flexibility index (Phi) is 5.92. The van der Waals surface area contributed by atoms with Crippen LogP contribution in [-0.4, -0.2) is 63.7 Å². The summed E-state index contributed by atoms with van der Waals surface area (Å²) in [7, 11) is 0. The molecule has 0 unspecified atom stereocenters. The van der Waals surface area contributed by atoms with Crippen molar-refractivity contribution in [3.05, 3.63) is 41.9 Å². The maximum Gasteiger partial charge on any atom is 0.165 e. The van der Waals surface area contributed by atoms with Crippen LogP contribution in [-0.2, 0) is 6.54 Å². The van der Waals surface area contributed by atoms with Gasteiger partial charge in [-0.05, 0) is 38.1 Å². The van der Waals surface area contributed by atoms with E-state index in [9.17, 15) is 0 Å². The zero-order valence-electron chi connectivity index (χ0n) is 16.2. The predicted octanol–water partition coefficient (Wildman–Crippen LogP) is 3.12. The molecule has 1 aromatic carbocycles. The Morgan fingerprint density at radius 2 is 1.93 bits per heavy atom. The van der Waals surface area contributed by atoms with Gasteiger partial charge in [0.05, 0.1) is 6.33 Å². The fourth-order valence-electron chi connectivity index (χ4n) is 3.71. The van der Waals surface area contributed by atoms with Gasteiger partial charge in [-0.3, -0.25) is 4.90 Å². The van der Waals surface area contributed by atoms with Crippen LogP contribution in [0.3, 0.4) is 0 Å². The molecule has 3 aromatic rings. The van der Waals surface area contributed by atoms with E-state index < -0.39 is 0 Å². The number of aryl methyl sites for hydroxylation is 1. The van der Waals surface area contributed by atoms with Gasteiger partial charge in [0.15, 0.2) is 11.5 Å². The van der Waals surface area contributed by atoms with Crippen LogP contribution in [0.5, 0.6) is 0 Å². The lowest BCUT2D eigenvalue weighted by Gasteiger charge is -2.36. The molecule has 3 heterocycles. The molecule has 1 N–H and O–H groups in total. The summed E-state index contributed by atoms with van der Waals surface area (Å²) in [6.45, 7) is 9.08. The van der Waals surface area contributed by atoms with E-state index in [0.29, 0.717) is 0 Å². The predicted molar refractivity (Wildman–Crippen MR) is 114 cm³/mol. The maximum absolute atomic E-state index is 6.12. The van der Waals surface area contributed by atoms with Gasteiger partial charge < -0.3 is 14.8 Å². The Hall–Kier alpha value is -2.38. The molecule has 148 valence electrons. The van der Waals surface area contributed by atoms with E-state index in [-0.39, 0.29) is 0 Å². The van der Waals surface area contributed by atoms with E-state index >= 15 is 0 Å². The number of imidazole rings is 1. The van der Waals surface area contributed by atoms with Crippen molar-refractivity contribution >= 4 is 34.3 Å². The molecule has 1 fully saturated rings. The number of halogens is 1. The molecule has 4 rings (SSSR count). The topological polar surface area (TPSA) is 62.1 Å². The smallest absolute Gasteiger partial charge is 0.165 e. The van der Waals surface area contributed by atoms with Crippen molar-refractivity contribution in [3.63, 3.8) is 0 Å². The third-order valence-electron chi connectivity index (χ3n) is 5.16. The lowest BCUT2D eigenvalue weighted by atomic mass is 10.2. The number of rotatable bonds is 7. The minimum absolute atomic E-state index is 0.800. The van der Waals surface area contributed by atoms with Crippen molar-refractivity contribution < 1.29 is 0 Å². The summed E-state index contributed by atoms with van der Waals surface area (Å²) in [6, 6.07) is 8.12. The molecule has 1 aliphatic heterocycles. The molecule has 0 atom stereocenters. The van der Waals surface area contributed by atoms with Crippen molar-refractivity contribution in [2.75, 3.05) is 49.5 Å². The first kappa shape index (κ1) is 19.0. The van der Waals surface area contributed by atoms with Gasteiger partial charge in [0.2, 0.25) is 0 Å². The maximum atomic E-state index is 6.12. The van der Waals surface area contributed by atoms with Gasteiger partial charge in [-0.25, -0.2) is 15.0 Å². The molecule has 0 bridgehead atoms. The van der Waals surface area contributed by atoms with Crippen molar-refractivity contribution in [1.82, 2.24) is 24.4 Å². The van der Waals surface area contributed by atoms with Crippen LogP contribution >= 0.6 is 11.6 Å². The molecule has 0 amide bonds. The second-order valence-electron chi connectivity index (χ2n) is 7.02. The number of nitrogens with zero attached hydrogens (tertiary/aromatic N) is 6. The fraction of sp³-hybridized carbons (Fsp3) is 0.450. The zero-order valence-corrected chi connectivity index (χ0v) is 16.9.